The summed E-state index contributed by atoms with van der Waals surface area (Å²) in [6.07, 6.45) is 7.25. The quantitative estimate of drug-likeness (QED) is 0.520. The molecule has 1 saturated carbocycles. The van der Waals surface area contributed by atoms with E-state index in [4.69, 9.17) is 6.42 Å². The predicted molar refractivity (Wildman–Crippen MR) is 36.8 cm³/mol. The topological polar surface area (TPSA) is 20.2 Å². The van der Waals surface area contributed by atoms with E-state index in [1.165, 1.54) is 0 Å². The maximum absolute atomic E-state index is 9.49. The Morgan fingerprint density at radius 1 is 1.67 bits per heavy atom. The van der Waals surface area contributed by atoms with E-state index in [1.807, 2.05) is 6.92 Å². The monoisotopic (exact) mass is 124 g/mol. The van der Waals surface area contributed by atoms with Gasteiger partial charge in [0.05, 0.1) is 0 Å². The summed E-state index contributed by atoms with van der Waals surface area (Å²) in [6, 6.07) is 0. The van der Waals surface area contributed by atoms with Crippen LogP contribution in [0.2, 0.25) is 0 Å². The van der Waals surface area contributed by atoms with Crippen LogP contribution < -0.4 is 0 Å². The maximum Gasteiger partial charge on any atom is 0.127 e. The summed E-state index contributed by atoms with van der Waals surface area (Å²) in [4.78, 5) is 0. The van der Waals surface area contributed by atoms with Crippen molar-refractivity contribution < 1.29 is 5.11 Å². The highest BCUT2D eigenvalue weighted by Crippen LogP contribution is 2.53. The number of hydrogen-bond donors (Lipinski definition) is 1. The summed E-state index contributed by atoms with van der Waals surface area (Å²) >= 11 is 0. The first-order chi connectivity index (χ1) is 4.02. The van der Waals surface area contributed by atoms with Crippen molar-refractivity contribution in [2.75, 3.05) is 0 Å². The average molecular weight is 124 g/mol. The van der Waals surface area contributed by atoms with Crippen LogP contribution in [0.3, 0.4) is 0 Å². The molecule has 1 atom stereocenters. The Morgan fingerprint density at radius 2 is 2.11 bits per heavy atom. The third kappa shape index (κ3) is 0.840. The van der Waals surface area contributed by atoms with Gasteiger partial charge in [-0.3, -0.25) is 0 Å². The van der Waals surface area contributed by atoms with Gasteiger partial charge in [0.15, 0.2) is 0 Å². The molecule has 0 heterocycles. The largest absolute Gasteiger partial charge is 0.377 e. The first-order valence-corrected chi connectivity index (χ1v) is 3.22. The van der Waals surface area contributed by atoms with Crippen LogP contribution in [-0.2, 0) is 0 Å². The van der Waals surface area contributed by atoms with Crippen molar-refractivity contribution in [1.29, 1.82) is 0 Å². The van der Waals surface area contributed by atoms with E-state index in [0.717, 1.165) is 12.8 Å². The number of rotatable bonds is 1. The van der Waals surface area contributed by atoms with Gasteiger partial charge in [0.25, 0.3) is 0 Å². The van der Waals surface area contributed by atoms with Crippen LogP contribution in [0.5, 0.6) is 0 Å². The fourth-order valence-corrected chi connectivity index (χ4v) is 0.849. The Bertz CT molecular complexity index is 158. The maximum atomic E-state index is 9.49. The van der Waals surface area contributed by atoms with E-state index in [9.17, 15) is 5.11 Å². The summed E-state index contributed by atoms with van der Waals surface area (Å²) < 4.78 is 0. The van der Waals surface area contributed by atoms with Crippen LogP contribution in [0.1, 0.15) is 26.7 Å². The molecule has 0 aromatic heterocycles. The molecule has 1 heteroatoms. The van der Waals surface area contributed by atoms with E-state index in [0.29, 0.717) is 0 Å². The minimum atomic E-state index is -0.882. The second-order valence-electron chi connectivity index (χ2n) is 3.28. The molecule has 1 N–H and O–H groups in total. The standard InChI is InChI=1S/C8H12O/c1-4-8(3,9)7(2)5-6-7/h1,9H,5-6H2,2-3H3/t8-/m1/s1. The van der Waals surface area contributed by atoms with E-state index < -0.39 is 5.60 Å². The molecular weight excluding hydrogens is 112 g/mol. The lowest BCUT2D eigenvalue weighted by molar-refractivity contribution is 0.0505. The van der Waals surface area contributed by atoms with Crippen LogP contribution in [0.15, 0.2) is 0 Å². The van der Waals surface area contributed by atoms with Crippen molar-refractivity contribution in [3.05, 3.63) is 0 Å². The Morgan fingerprint density at radius 3 is 2.22 bits per heavy atom. The summed E-state index contributed by atoms with van der Waals surface area (Å²) in [6.45, 7) is 3.73. The summed E-state index contributed by atoms with van der Waals surface area (Å²) in [5.74, 6) is 2.40. The van der Waals surface area contributed by atoms with E-state index in [1.54, 1.807) is 6.92 Å². The van der Waals surface area contributed by atoms with Gasteiger partial charge in [0, 0.05) is 5.41 Å². The molecule has 1 aliphatic carbocycles. The molecule has 0 spiro atoms. The van der Waals surface area contributed by atoms with Crippen molar-refractivity contribution in [3.63, 3.8) is 0 Å². The van der Waals surface area contributed by atoms with E-state index in [2.05, 4.69) is 5.92 Å². The Labute approximate surface area is 56.1 Å². The zero-order valence-corrected chi connectivity index (χ0v) is 5.94. The van der Waals surface area contributed by atoms with Crippen molar-refractivity contribution in [2.24, 2.45) is 5.41 Å². The van der Waals surface area contributed by atoms with Crippen LogP contribution in [0.25, 0.3) is 0 Å². The van der Waals surface area contributed by atoms with Gasteiger partial charge in [0.1, 0.15) is 5.60 Å². The SMILES string of the molecule is C#C[C@@](C)(O)C1(C)CC1. The molecule has 0 amide bonds. The minimum absolute atomic E-state index is 0.0156. The first kappa shape index (κ1) is 6.64. The second-order valence-corrected chi connectivity index (χ2v) is 3.28. The van der Waals surface area contributed by atoms with Crippen LogP contribution in [-0.4, -0.2) is 10.7 Å². The Kier molecular flexibility index (Phi) is 1.12. The molecule has 0 unspecified atom stereocenters. The first-order valence-electron chi connectivity index (χ1n) is 3.22. The molecule has 0 bridgehead atoms. The third-order valence-corrected chi connectivity index (χ3v) is 2.46. The molecule has 1 rings (SSSR count). The zero-order valence-electron chi connectivity index (χ0n) is 5.94. The summed E-state index contributed by atoms with van der Waals surface area (Å²) in [7, 11) is 0. The molecule has 50 valence electrons. The number of aliphatic hydroxyl groups is 1. The number of terminal acetylenes is 1. The normalized spacial score (nSPS) is 28.2. The highest BCUT2D eigenvalue weighted by Gasteiger charge is 2.51. The van der Waals surface area contributed by atoms with Crippen LogP contribution >= 0.6 is 0 Å². The van der Waals surface area contributed by atoms with E-state index >= 15 is 0 Å². The van der Waals surface area contributed by atoms with Gasteiger partial charge >= 0.3 is 0 Å². The molecule has 0 aromatic carbocycles. The summed E-state index contributed by atoms with van der Waals surface area (Å²) in [5, 5.41) is 9.49. The molecule has 0 aromatic rings. The smallest absolute Gasteiger partial charge is 0.127 e. The van der Waals surface area contributed by atoms with Gasteiger partial charge in [0.2, 0.25) is 0 Å². The van der Waals surface area contributed by atoms with Crippen LogP contribution in [0, 0.1) is 17.8 Å². The van der Waals surface area contributed by atoms with Crippen molar-refractivity contribution in [1.82, 2.24) is 0 Å². The molecule has 0 radical (unpaired) electrons. The highest BCUT2D eigenvalue weighted by molar-refractivity contribution is 5.18. The highest BCUT2D eigenvalue weighted by atomic mass is 16.3. The summed E-state index contributed by atoms with van der Waals surface area (Å²) in [5.41, 5.74) is -0.866. The predicted octanol–water partition coefficient (Wildman–Crippen LogP) is 1.17. The second kappa shape index (κ2) is 1.52. The molecule has 1 fully saturated rings. The zero-order chi connectivity index (χ0) is 7.12. The van der Waals surface area contributed by atoms with Gasteiger partial charge in [-0.15, -0.1) is 6.42 Å². The van der Waals surface area contributed by atoms with Crippen molar-refractivity contribution in [2.45, 2.75) is 32.3 Å². The van der Waals surface area contributed by atoms with E-state index in [-0.39, 0.29) is 5.41 Å². The van der Waals surface area contributed by atoms with Gasteiger partial charge < -0.3 is 5.11 Å². The fourth-order valence-electron chi connectivity index (χ4n) is 0.849. The lowest BCUT2D eigenvalue weighted by Gasteiger charge is -2.23. The Balaban J connectivity index is 2.73. The lowest BCUT2D eigenvalue weighted by Crippen LogP contribution is -2.31. The average Bonchev–Trinajstić information content (AvgIpc) is 2.49. The molecule has 0 saturated heterocycles. The van der Waals surface area contributed by atoms with Gasteiger partial charge in [-0.1, -0.05) is 12.8 Å². The Hall–Kier alpha value is -0.480. The lowest BCUT2D eigenvalue weighted by atomic mass is 9.89. The van der Waals surface area contributed by atoms with Crippen molar-refractivity contribution in [3.8, 4) is 12.3 Å². The van der Waals surface area contributed by atoms with Crippen molar-refractivity contribution >= 4 is 0 Å². The molecule has 9 heavy (non-hydrogen) atoms. The molecular formula is C8H12O. The van der Waals surface area contributed by atoms with Crippen LogP contribution in [0.4, 0.5) is 0 Å². The van der Waals surface area contributed by atoms with Gasteiger partial charge in [-0.25, -0.2) is 0 Å². The number of hydrogen-bond acceptors (Lipinski definition) is 1. The minimum Gasteiger partial charge on any atom is -0.377 e. The van der Waals surface area contributed by atoms with Gasteiger partial charge in [-0.2, -0.15) is 0 Å². The van der Waals surface area contributed by atoms with Gasteiger partial charge in [-0.05, 0) is 19.8 Å². The fraction of sp³-hybridized carbons (Fsp3) is 0.750. The third-order valence-electron chi connectivity index (χ3n) is 2.46. The molecule has 0 aliphatic heterocycles. The molecule has 1 nitrogen and oxygen atoms in total. The molecule has 1 aliphatic rings.